The molecule has 0 aliphatic carbocycles. The fourth-order valence-electron chi connectivity index (χ4n) is 2.15. The van der Waals surface area contributed by atoms with Crippen LogP contribution in [0.3, 0.4) is 0 Å². The van der Waals surface area contributed by atoms with Gasteiger partial charge in [0, 0.05) is 12.6 Å². The second-order valence-electron chi connectivity index (χ2n) is 6.34. The summed E-state index contributed by atoms with van der Waals surface area (Å²) in [6, 6.07) is 5.91. The Labute approximate surface area is 146 Å². The number of thioether (sulfide) groups is 1. The summed E-state index contributed by atoms with van der Waals surface area (Å²) in [4.78, 5) is 12.8. The number of esters is 1. The number of benzene rings is 1. The van der Waals surface area contributed by atoms with E-state index in [2.05, 4.69) is 5.10 Å². The third-order valence-corrected chi connectivity index (χ3v) is 4.35. The standard InChI is InChI=1S/C17H21ClN2O2S/c1-11-6-7-12(13(18)8-11)16-14(9-19-20(16)5)23-10-15(21)22-17(2,3)4/h6-9H,10H2,1-5H3. The summed E-state index contributed by atoms with van der Waals surface area (Å²) in [6.45, 7) is 7.57. The number of ether oxygens (including phenoxy) is 1. The average molecular weight is 353 g/mol. The second-order valence-corrected chi connectivity index (χ2v) is 7.76. The molecule has 1 aromatic heterocycles. The number of rotatable bonds is 4. The highest BCUT2D eigenvalue weighted by atomic mass is 35.5. The lowest BCUT2D eigenvalue weighted by atomic mass is 10.1. The molecule has 6 heteroatoms. The van der Waals surface area contributed by atoms with E-state index in [4.69, 9.17) is 16.3 Å². The van der Waals surface area contributed by atoms with Gasteiger partial charge in [0.05, 0.1) is 27.6 Å². The minimum atomic E-state index is -0.477. The highest BCUT2D eigenvalue weighted by molar-refractivity contribution is 8.00. The average Bonchev–Trinajstić information content (AvgIpc) is 2.76. The molecule has 0 N–H and O–H groups in total. The molecular formula is C17H21ClN2O2S. The summed E-state index contributed by atoms with van der Waals surface area (Å²) >= 11 is 7.78. The first-order valence-corrected chi connectivity index (χ1v) is 8.67. The molecule has 23 heavy (non-hydrogen) atoms. The molecular weight excluding hydrogens is 332 g/mol. The van der Waals surface area contributed by atoms with E-state index in [1.54, 1.807) is 10.9 Å². The van der Waals surface area contributed by atoms with Crippen molar-refractivity contribution in [3.05, 3.63) is 35.0 Å². The van der Waals surface area contributed by atoms with Crippen LogP contribution in [0, 0.1) is 6.92 Å². The first-order chi connectivity index (χ1) is 10.7. The molecule has 1 heterocycles. The lowest BCUT2D eigenvalue weighted by Gasteiger charge is -2.19. The van der Waals surface area contributed by atoms with Gasteiger partial charge in [-0.1, -0.05) is 23.7 Å². The van der Waals surface area contributed by atoms with Crippen LogP contribution in [-0.4, -0.2) is 27.1 Å². The predicted molar refractivity (Wildman–Crippen MR) is 95.0 cm³/mol. The van der Waals surface area contributed by atoms with Crippen molar-refractivity contribution in [3.8, 4) is 11.3 Å². The maximum absolute atomic E-state index is 11.9. The van der Waals surface area contributed by atoms with E-state index in [9.17, 15) is 4.79 Å². The van der Waals surface area contributed by atoms with Gasteiger partial charge in [-0.05, 0) is 39.3 Å². The number of hydrogen-bond acceptors (Lipinski definition) is 4. The fourth-order valence-corrected chi connectivity index (χ4v) is 3.31. The smallest absolute Gasteiger partial charge is 0.316 e. The molecule has 0 unspecified atom stereocenters. The maximum Gasteiger partial charge on any atom is 0.316 e. The number of carbonyl (C=O) groups is 1. The summed E-state index contributed by atoms with van der Waals surface area (Å²) in [5.74, 6) is -0.00768. The van der Waals surface area contributed by atoms with Gasteiger partial charge in [0.25, 0.3) is 0 Å². The molecule has 0 spiro atoms. The Morgan fingerprint density at radius 1 is 1.39 bits per heavy atom. The molecule has 0 atom stereocenters. The fraction of sp³-hybridized carbons (Fsp3) is 0.412. The van der Waals surface area contributed by atoms with E-state index in [1.807, 2.05) is 52.9 Å². The minimum Gasteiger partial charge on any atom is -0.459 e. The molecule has 0 saturated heterocycles. The third-order valence-electron chi connectivity index (χ3n) is 3.05. The second kappa shape index (κ2) is 6.97. The molecule has 0 amide bonds. The zero-order valence-corrected chi connectivity index (χ0v) is 15.6. The largest absolute Gasteiger partial charge is 0.459 e. The van der Waals surface area contributed by atoms with Gasteiger partial charge < -0.3 is 4.74 Å². The van der Waals surface area contributed by atoms with Gasteiger partial charge in [-0.2, -0.15) is 5.10 Å². The number of aryl methyl sites for hydroxylation is 2. The quantitative estimate of drug-likeness (QED) is 0.601. The van der Waals surface area contributed by atoms with Crippen molar-refractivity contribution in [1.82, 2.24) is 9.78 Å². The van der Waals surface area contributed by atoms with Crippen molar-refractivity contribution in [1.29, 1.82) is 0 Å². The van der Waals surface area contributed by atoms with Crippen LogP contribution in [0.25, 0.3) is 11.3 Å². The number of aromatic nitrogens is 2. The van der Waals surface area contributed by atoms with Crippen LogP contribution in [0.4, 0.5) is 0 Å². The minimum absolute atomic E-state index is 0.236. The van der Waals surface area contributed by atoms with Crippen LogP contribution in [0.2, 0.25) is 5.02 Å². The van der Waals surface area contributed by atoms with Crippen molar-refractivity contribution in [3.63, 3.8) is 0 Å². The predicted octanol–water partition coefficient (Wildman–Crippen LogP) is 4.48. The first kappa shape index (κ1) is 17.9. The van der Waals surface area contributed by atoms with Crippen molar-refractivity contribution in [2.24, 2.45) is 7.05 Å². The molecule has 2 rings (SSSR count). The van der Waals surface area contributed by atoms with Gasteiger partial charge in [-0.25, -0.2) is 0 Å². The van der Waals surface area contributed by atoms with E-state index < -0.39 is 5.60 Å². The Morgan fingerprint density at radius 2 is 2.09 bits per heavy atom. The zero-order valence-electron chi connectivity index (χ0n) is 14.0. The Balaban J connectivity index is 2.21. The molecule has 0 bridgehead atoms. The number of nitrogens with zero attached hydrogens (tertiary/aromatic N) is 2. The SMILES string of the molecule is Cc1ccc(-c2c(SCC(=O)OC(C)(C)C)cnn2C)c(Cl)c1. The molecule has 4 nitrogen and oxygen atoms in total. The van der Waals surface area contributed by atoms with Crippen LogP contribution in [-0.2, 0) is 16.6 Å². The van der Waals surface area contributed by atoms with Gasteiger partial charge in [0.15, 0.2) is 0 Å². The molecule has 0 saturated carbocycles. The topological polar surface area (TPSA) is 44.1 Å². The van der Waals surface area contributed by atoms with E-state index in [0.29, 0.717) is 5.02 Å². The van der Waals surface area contributed by atoms with Crippen molar-refractivity contribution >= 4 is 29.3 Å². The van der Waals surface area contributed by atoms with Gasteiger partial charge in [0.1, 0.15) is 5.60 Å². The maximum atomic E-state index is 11.9. The molecule has 0 aliphatic rings. The van der Waals surface area contributed by atoms with Gasteiger partial charge in [-0.3, -0.25) is 9.48 Å². The monoisotopic (exact) mass is 352 g/mol. The van der Waals surface area contributed by atoms with Crippen LogP contribution in [0.1, 0.15) is 26.3 Å². The van der Waals surface area contributed by atoms with E-state index >= 15 is 0 Å². The summed E-state index contributed by atoms with van der Waals surface area (Å²) in [7, 11) is 1.86. The summed E-state index contributed by atoms with van der Waals surface area (Å²) in [5, 5.41) is 4.97. The van der Waals surface area contributed by atoms with Crippen LogP contribution >= 0.6 is 23.4 Å². The van der Waals surface area contributed by atoms with E-state index in [0.717, 1.165) is 21.7 Å². The first-order valence-electron chi connectivity index (χ1n) is 7.30. The summed E-state index contributed by atoms with van der Waals surface area (Å²) in [6.07, 6.45) is 1.75. The van der Waals surface area contributed by atoms with Crippen molar-refractivity contribution < 1.29 is 9.53 Å². The number of hydrogen-bond donors (Lipinski definition) is 0. The van der Waals surface area contributed by atoms with Gasteiger partial charge in [0.2, 0.25) is 0 Å². The lowest BCUT2D eigenvalue weighted by Crippen LogP contribution is -2.24. The Bertz CT molecular complexity index is 720. The Morgan fingerprint density at radius 3 is 2.70 bits per heavy atom. The number of carbonyl (C=O) groups excluding carboxylic acids is 1. The van der Waals surface area contributed by atoms with Gasteiger partial charge >= 0.3 is 5.97 Å². The van der Waals surface area contributed by atoms with Crippen LogP contribution in [0.15, 0.2) is 29.3 Å². The highest BCUT2D eigenvalue weighted by Crippen LogP contribution is 2.35. The van der Waals surface area contributed by atoms with E-state index in [-0.39, 0.29) is 11.7 Å². The molecule has 0 radical (unpaired) electrons. The molecule has 0 aliphatic heterocycles. The zero-order chi connectivity index (χ0) is 17.2. The number of halogens is 1. The molecule has 124 valence electrons. The lowest BCUT2D eigenvalue weighted by molar-refractivity contribution is -0.151. The molecule has 1 aromatic carbocycles. The molecule has 0 fully saturated rings. The molecule has 2 aromatic rings. The van der Waals surface area contributed by atoms with Crippen molar-refractivity contribution in [2.75, 3.05) is 5.75 Å². The summed E-state index contributed by atoms with van der Waals surface area (Å²) < 4.78 is 7.11. The summed E-state index contributed by atoms with van der Waals surface area (Å²) in [5.41, 5.74) is 2.44. The third kappa shape index (κ3) is 4.75. The van der Waals surface area contributed by atoms with Crippen LogP contribution < -0.4 is 0 Å². The van der Waals surface area contributed by atoms with Crippen LogP contribution in [0.5, 0.6) is 0 Å². The Kier molecular flexibility index (Phi) is 5.42. The highest BCUT2D eigenvalue weighted by Gasteiger charge is 2.19. The normalized spacial score (nSPS) is 11.6. The van der Waals surface area contributed by atoms with Crippen molar-refractivity contribution in [2.45, 2.75) is 38.2 Å². The van der Waals surface area contributed by atoms with Gasteiger partial charge in [-0.15, -0.1) is 11.8 Å². The Hall–Kier alpha value is -1.46. The van der Waals surface area contributed by atoms with E-state index in [1.165, 1.54) is 11.8 Å².